The van der Waals surface area contributed by atoms with E-state index in [4.69, 9.17) is 4.84 Å². The minimum atomic E-state index is -3.68. The van der Waals surface area contributed by atoms with Gasteiger partial charge in [-0.3, -0.25) is 9.69 Å². The topological polar surface area (TPSA) is 88.1 Å². The lowest BCUT2D eigenvalue weighted by molar-refractivity contribution is -0.114. The van der Waals surface area contributed by atoms with Gasteiger partial charge in [-0.15, -0.1) is 0 Å². The normalized spacial score (nSPS) is 15.1. The number of halogens is 3. The number of carbonyl (C=O) groups is 1. The molecule has 0 atom stereocenters. The van der Waals surface area contributed by atoms with Crippen molar-refractivity contribution in [2.24, 2.45) is 5.16 Å². The number of nitrogens with zero attached hydrogens (tertiary/aromatic N) is 2. The molecule has 0 spiro atoms. The molecule has 1 aliphatic rings. The fraction of sp³-hybridized carbons (Fsp3) is 0.333. The van der Waals surface area contributed by atoms with E-state index in [0.717, 1.165) is 55.6 Å². The van der Waals surface area contributed by atoms with Crippen LogP contribution < -0.4 is 5.32 Å². The number of piperidine rings is 1. The van der Waals surface area contributed by atoms with Crippen LogP contribution in [0.4, 0.5) is 18.9 Å². The van der Waals surface area contributed by atoms with Gasteiger partial charge in [-0.25, -0.2) is 21.6 Å². The molecule has 0 bridgehead atoms. The zero-order chi connectivity index (χ0) is 29.6. The quantitative estimate of drug-likeness (QED) is 0.194. The van der Waals surface area contributed by atoms with Crippen LogP contribution in [0.2, 0.25) is 0 Å². The molecule has 4 rings (SSSR count). The Hall–Kier alpha value is -3.70. The van der Waals surface area contributed by atoms with E-state index in [1.54, 1.807) is 12.1 Å². The van der Waals surface area contributed by atoms with Crippen molar-refractivity contribution in [2.75, 3.05) is 37.9 Å². The van der Waals surface area contributed by atoms with Gasteiger partial charge in [-0.1, -0.05) is 29.4 Å². The van der Waals surface area contributed by atoms with Crippen molar-refractivity contribution in [2.45, 2.75) is 37.1 Å². The van der Waals surface area contributed by atoms with E-state index in [1.165, 1.54) is 19.1 Å². The van der Waals surface area contributed by atoms with E-state index in [-0.39, 0.29) is 28.7 Å². The lowest BCUT2D eigenvalue weighted by Crippen LogP contribution is -2.33. The first-order valence-electron chi connectivity index (χ1n) is 13.2. The number of carbonyl (C=O) groups excluding carboxylic acids is 1. The third-order valence-electron chi connectivity index (χ3n) is 6.92. The van der Waals surface area contributed by atoms with E-state index in [9.17, 15) is 26.4 Å². The molecule has 0 unspecified atom stereocenters. The first-order valence-corrected chi connectivity index (χ1v) is 15.1. The van der Waals surface area contributed by atoms with Crippen molar-refractivity contribution in [3.8, 4) is 0 Å². The molecule has 1 heterocycles. The summed E-state index contributed by atoms with van der Waals surface area (Å²) in [6.45, 7) is 2.21. The number of anilines is 1. The van der Waals surface area contributed by atoms with Gasteiger partial charge in [0.05, 0.1) is 4.90 Å². The van der Waals surface area contributed by atoms with Crippen LogP contribution in [0.15, 0.2) is 70.7 Å². The molecule has 1 amide bonds. The maximum Gasteiger partial charge on any atom is 0.221 e. The summed E-state index contributed by atoms with van der Waals surface area (Å²) in [6, 6.07) is 15.7. The molecule has 1 saturated heterocycles. The van der Waals surface area contributed by atoms with Gasteiger partial charge in [0.2, 0.25) is 5.91 Å². The Labute approximate surface area is 237 Å². The molecule has 1 aliphatic heterocycles. The molecule has 218 valence electrons. The highest BCUT2D eigenvalue weighted by Gasteiger charge is 2.24. The summed E-state index contributed by atoms with van der Waals surface area (Å²) in [7, 11) is -3.68. The van der Waals surface area contributed by atoms with Crippen LogP contribution in [0.1, 0.15) is 47.9 Å². The Balaban J connectivity index is 1.55. The van der Waals surface area contributed by atoms with Crippen molar-refractivity contribution in [1.29, 1.82) is 0 Å². The maximum absolute atomic E-state index is 14.0. The van der Waals surface area contributed by atoms with Crippen LogP contribution in [0.25, 0.3) is 0 Å². The molecule has 41 heavy (non-hydrogen) atoms. The average molecular weight is 588 g/mol. The van der Waals surface area contributed by atoms with E-state index in [1.807, 2.05) is 18.2 Å². The summed E-state index contributed by atoms with van der Waals surface area (Å²) in [6.07, 6.45) is 2.85. The Morgan fingerprint density at radius 3 is 2.39 bits per heavy atom. The molecule has 1 N–H and O–H groups in total. The predicted octanol–water partition coefficient (Wildman–Crippen LogP) is 5.44. The van der Waals surface area contributed by atoms with Gasteiger partial charge >= 0.3 is 0 Å². The first-order chi connectivity index (χ1) is 19.5. The van der Waals surface area contributed by atoms with E-state index in [0.29, 0.717) is 23.6 Å². The number of hydrogen-bond donors (Lipinski definition) is 1. The summed E-state index contributed by atoms with van der Waals surface area (Å²) in [4.78, 5) is 18.7. The second-order valence-electron chi connectivity index (χ2n) is 10.0. The summed E-state index contributed by atoms with van der Waals surface area (Å²) >= 11 is 0. The highest BCUT2D eigenvalue weighted by atomic mass is 32.2. The number of alkyl halides is 1. The van der Waals surface area contributed by atoms with Gasteiger partial charge in [-0.05, 0) is 79.4 Å². The van der Waals surface area contributed by atoms with E-state index < -0.39 is 28.1 Å². The average Bonchev–Trinajstić information content (AvgIpc) is 2.93. The molecule has 0 aliphatic carbocycles. The second kappa shape index (κ2) is 13.3. The monoisotopic (exact) mass is 587 g/mol. The fourth-order valence-corrected chi connectivity index (χ4v) is 5.93. The van der Waals surface area contributed by atoms with Gasteiger partial charge in [-0.2, -0.15) is 0 Å². The molecule has 3 aromatic rings. The van der Waals surface area contributed by atoms with Crippen LogP contribution in [0, 0.1) is 11.6 Å². The van der Waals surface area contributed by atoms with E-state index in [2.05, 4.69) is 21.4 Å². The van der Waals surface area contributed by atoms with Gasteiger partial charge in [0, 0.05) is 36.5 Å². The maximum atomic E-state index is 14.0. The molecule has 7 nitrogen and oxygen atoms in total. The van der Waals surface area contributed by atoms with Crippen LogP contribution in [0.3, 0.4) is 0 Å². The SMILES string of the molecule is CC(=O)Nc1cccc(C2CCN(Cc3ccc(/C(=N/OCCF)c4ccc(F)c(F)c4)cc3S(C)(=O)=O)CC2)c1. The Morgan fingerprint density at radius 1 is 1.02 bits per heavy atom. The zero-order valence-corrected chi connectivity index (χ0v) is 23.7. The third-order valence-corrected chi connectivity index (χ3v) is 8.10. The fourth-order valence-electron chi connectivity index (χ4n) is 4.98. The van der Waals surface area contributed by atoms with Crippen molar-refractivity contribution < 1.29 is 31.2 Å². The van der Waals surface area contributed by atoms with Gasteiger partial charge < -0.3 is 10.2 Å². The summed E-state index contributed by atoms with van der Waals surface area (Å²) < 4.78 is 65.9. The number of rotatable bonds is 10. The number of hydrogen-bond acceptors (Lipinski definition) is 6. The van der Waals surface area contributed by atoms with Crippen LogP contribution in [0.5, 0.6) is 0 Å². The molecule has 0 radical (unpaired) electrons. The highest BCUT2D eigenvalue weighted by molar-refractivity contribution is 7.90. The Bertz CT molecular complexity index is 1540. The van der Waals surface area contributed by atoms with Gasteiger partial charge in [0.25, 0.3) is 0 Å². The van der Waals surface area contributed by atoms with Gasteiger partial charge in [0.15, 0.2) is 21.5 Å². The first kappa shape index (κ1) is 30.3. The summed E-state index contributed by atoms with van der Waals surface area (Å²) in [5.41, 5.74) is 3.01. The summed E-state index contributed by atoms with van der Waals surface area (Å²) in [5.74, 6) is -1.96. The highest BCUT2D eigenvalue weighted by Crippen LogP contribution is 2.31. The molecule has 0 aromatic heterocycles. The number of sulfone groups is 1. The zero-order valence-electron chi connectivity index (χ0n) is 22.9. The summed E-state index contributed by atoms with van der Waals surface area (Å²) in [5, 5.41) is 6.73. The Kier molecular flexibility index (Phi) is 9.82. The van der Waals surface area contributed by atoms with Crippen molar-refractivity contribution in [3.05, 3.63) is 94.6 Å². The molecular weight excluding hydrogens is 555 g/mol. The largest absolute Gasteiger partial charge is 0.392 e. The van der Waals surface area contributed by atoms with Gasteiger partial charge in [0.1, 0.15) is 19.0 Å². The molecule has 11 heteroatoms. The van der Waals surface area contributed by atoms with E-state index >= 15 is 0 Å². The lowest BCUT2D eigenvalue weighted by Gasteiger charge is -2.32. The standard InChI is InChI=1S/C30H32F3N3O4S/c1-20(37)34-26-5-3-4-22(16-26)21-10-13-36(14-11-21)19-25-7-6-24(18-29(25)41(2,38)39)30(35-40-15-12-31)23-8-9-27(32)28(33)17-23/h3-9,16-18,21H,10-15,19H2,1-2H3,(H,34,37)/b35-30+. The molecular formula is C30H32F3N3O4S. The number of nitrogens with one attached hydrogen (secondary N) is 1. The van der Waals surface area contributed by atoms with Crippen LogP contribution in [-0.4, -0.2) is 57.6 Å². The van der Waals surface area contributed by atoms with Crippen molar-refractivity contribution in [1.82, 2.24) is 4.90 Å². The predicted molar refractivity (Wildman–Crippen MR) is 151 cm³/mol. The molecule has 0 saturated carbocycles. The van der Waals surface area contributed by atoms with Crippen LogP contribution >= 0.6 is 0 Å². The van der Waals surface area contributed by atoms with Crippen LogP contribution in [-0.2, 0) is 26.0 Å². The molecule has 3 aromatic carbocycles. The molecule has 1 fully saturated rings. The number of amides is 1. The smallest absolute Gasteiger partial charge is 0.221 e. The second-order valence-corrected chi connectivity index (χ2v) is 12.0. The minimum absolute atomic E-state index is 0.0520. The minimum Gasteiger partial charge on any atom is -0.392 e. The third kappa shape index (κ3) is 7.95. The van der Waals surface area contributed by atoms with Crippen molar-refractivity contribution >= 4 is 27.1 Å². The number of likely N-dealkylation sites (tertiary alicyclic amines) is 1. The van der Waals surface area contributed by atoms with Crippen molar-refractivity contribution in [3.63, 3.8) is 0 Å². The lowest BCUT2D eigenvalue weighted by atomic mass is 9.89. The number of oxime groups is 1. The Morgan fingerprint density at radius 2 is 1.73 bits per heavy atom. The number of benzene rings is 3.